The molecule has 0 N–H and O–H groups in total. The molecule has 0 spiro atoms. The average molecular weight is 319 g/mol. The Kier molecular flexibility index (Phi) is 13.9. The number of aromatic nitrogens is 3. The summed E-state index contributed by atoms with van der Waals surface area (Å²) in [6.07, 6.45) is 26.0. The molecule has 131 valence electrons. The molecule has 0 saturated carbocycles. The lowest BCUT2D eigenvalue weighted by Gasteiger charge is -2.03. The van der Waals surface area contributed by atoms with Crippen LogP contribution in [-0.2, 0) is 0 Å². The van der Waals surface area contributed by atoms with Crippen LogP contribution in [0.15, 0.2) is 12.7 Å². The van der Waals surface area contributed by atoms with Gasteiger partial charge in [0, 0.05) is 6.42 Å². The summed E-state index contributed by atoms with van der Waals surface area (Å²) in [6.45, 7) is 2.29. The van der Waals surface area contributed by atoms with Gasteiger partial charge in [-0.2, -0.15) is 0 Å². The van der Waals surface area contributed by atoms with Crippen molar-refractivity contribution in [3.05, 3.63) is 24.9 Å². The highest BCUT2D eigenvalue weighted by Gasteiger charge is 1.97. The van der Waals surface area contributed by atoms with Crippen molar-refractivity contribution in [2.24, 2.45) is 0 Å². The van der Waals surface area contributed by atoms with Gasteiger partial charge in [0.15, 0.2) is 0 Å². The largest absolute Gasteiger partial charge is 0.225 e. The molecule has 0 aliphatic carbocycles. The van der Waals surface area contributed by atoms with Gasteiger partial charge in [0.25, 0.3) is 0 Å². The van der Waals surface area contributed by atoms with E-state index >= 15 is 0 Å². The van der Waals surface area contributed by atoms with E-state index in [1.807, 2.05) is 0 Å². The monoisotopic (exact) mass is 318 g/mol. The first-order valence-electron chi connectivity index (χ1n) is 9.88. The first kappa shape index (κ1) is 20.1. The number of rotatable bonds is 16. The van der Waals surface area contributed by atoms with Gasteiger partial charge >= 0.3 is 0 Å². The van der Waals surface area contributed by atoms with Crippen LogP contribution < -0.4 is 0 Å². The zero-order chi connectivity index (χ0) is 16.4. The van der Waals surface area contributed by atoms with Crippen LogP contribution in [0.3, 0.4) is 0 Å². The van der Waals surface area contributed by atoms with Crippen molar-refractivity contribution in [3.8, 4) is 0 Å². The van der Waals surface area contributed by atoms with Crippen LogP contribution in [0.1, 0.15) is 109 Å². The van der Waals surface area contributed by atoms with Crippen LogP contribution in [-0.4, -0.2) is 15.0 Å². The van der Waals surface area contributed by atoms with Gasteiger partial charge in [0.05, 0.1) is 0 Å². The number of unbranched alkanes of at least 4 members (excludes halogenated alkanes) is 14. The Hall–Kier alpha value is -0.990. The van der Waals surface area contributed by atoms with E-state index in [0.29, 0.717) is 0 Å². The Morgan fingerprint density at radius 1 is 0.652 bits per heavy atom. The second kappa shape index (κ2) is 15.9. The maximum absolute atomic E-state index is 4.10. The van der Waals surface area contributed by atoms with E-state index in [2.05, 4.69) is 28.3 Å². The van der Waals surface area contributed by atoms with Gasteiger partial charge in [-0.15, -0.1) is 0 Å². The molecule has 1 aromatic heterocycles. The fourth-order valence-corrected chi connectivity index (χ4v) is 2.92. The molecule has 1 heterocycles. The van der Waals surface area contributed by atoms with Crippen molar-refractivity contribution in [1.29, 1.82) is 0 Å². The molecule has 0 bridgehead atoms. The average Bonchev–Trinajstić information content (AvgIpc) is 2.59. The highest BCUT2D eigenvalue weighted by Crippen LogP contribution is 2.13. The number of hydrogen-bond donors (Lipinski definition) is 0. The minimum Gasteiger partial charge on any atom is -0.225 e. The van der Waals surface area contributed by atoms with Gasteiger partial charge in [-0.1, -0.05) is 96.8 Å². The predicted octanol–water partition coefficient (Wildman–Crippen LogP) is 6.30. The van der Waals surface area contributed by atoms with E-state index in [0.717, 1.165) is 12.2 Å². The van der Waals surface area contributed by atoms with Crippen molar-refractivity contribution in [1.82, 2.24) is 15.0 Å². The summed E-state index contributed by atoms with van der Waals surface area (Å²) in [5.41, 5.74) is 0. The molecular formula is C20H36N3. The van der Waals surface area contributed by atoms with Gasteiger partial charge < -0.3 is 0 Å². The molecule has 1 rings (SSSR count). The summed E-state index contributed by atoms with van der Waals surface area (Å²) in [6, 6.07) is 0. The maximum atomic E-state index is 4.10. The van der Waals surface area contributed by atoms with Crippen molar-refractivity contribution in [2.45, 2.75) is 103 Å². The lowest BCUT2D eigenvalue weighted by atomic mass is 10.0. The molecular weight excluding hydrogens is 282 g/mol. The van der Waals surface area contributed by atoms with Crippen LogP contribution in [0.4, 0.5) is 0 Å². The zero-order valence-corrected chi connectivity index (χ0v) is 15.2. The Bertz CT molecular complexity index is 340. The van der Waals surface area contributed by atoms with E-state index in [9.17, 15) is 0 Å². The van der Waals surface area contributed by atoms with Crippen LogP contribution >= 0.6 is 0 Å². The van der Waals surface area contributed by atoms with Crippen molar-refractivity contribution < 1.29 is 0 Å². The van der Waals surface area contributed by atoms with Crippen LogP contribution in [0, 0.1) is 6.42 Å². The van der Waals surface area contributed by atoms with Crippen LogP contribution in [0.5, 0.6) is 0 Å². The third kappa shape index (κ3) is 13.2. The maximum Gasteiger partial charge on any atom is 0.135 e. The lowest BCUT2D eigenvalue weighted by Crippen LogP contribution is -1.92. The molecule has 23 heavy (non-hydrogen) atoms. The van der Waals surface area contributed by atoms with E-state index in [4.69, 9.17) is 0 Å². The second-order valence-corrected chi connectivity index (χ2v) is 6.59. The zero-order valence-electron chi connectivity index (χ0n) is 15.2. The standard InChI is InChI=1S/C20H36N3/c1-2-3-4-5-6-7-8-9-10-11-12-13-14-15-16-17-20-22-18-21-19-23-20/h17-19H,2-16H2,1H3. The van der Waals surface area contributed by atoms with Gasteiger partial charge in [-0.3, -0.25) is 0 Å². The van der Waals surface area contributed by atoms with Crippen LogP contribution in [0.25, 0.3) is 0 Å². The van der Waals surface area contributed by atoms with E-state index < -0.39 is 0 Å². The van der Waals surface area contributed by atoms with Gasteiger partial charge in [0.1, 0.15) is 18.5 Å². The lowest BCUT2D eigenvalue weighted by molar-refractivity contribution is 0.535. The molecule has 3 nitrogen and oxygen atoms in total. The van der Waals surface area contributed by atoms with Gasteiger partial charge in [0.2, 0.25) is 0 Å². The summed E-state index contributed by atoms with van der Waals surface area (Å²) < 4.78 is 0. The summed E-state index contributed by atoms with van der Waals surface area (Å²) in [7, 11) is 0. The van der Waals surface area contributed by atoms with E-state index in [1.54, 1.807) is 12.7 Å². The summed E-state index contributed by atoms with van der Waals surface area (Å²) in [4.78, 5) is 12.0. The Morgan fingerprint density at radius 2 is 1.09 bits per heavy atom. The minimum atomic E-state index is 0.815. The molecule has 0 fully saturated rings. The highest BCUT2D eigenvalue weighted by molar-refractivity contribution is 4.96. The predicted molar refractivity (Wildman–Crippen MR) is 98.2 cm³/mol. The molecule has 0 unspecified atom stereocenters. The molecule has 1 aromatic rings. The Morgan fingerprint density at radius 3 is 1.57 bits per heavy atom. The summed E-state index contributed by atoms with van der Waals surface area (Å²) in [5, 5.41) is 0. The third-order valence-electron chi connectivity index (χ3n) is 4.40. The fourth-order valence-electron chi connectivity index (χ4n) is 2.92. The van der Waals surface area contributed by atoms with Crippen LogP contribution in [0.2, 0.25) is 0 Å². The topological polar surface area (TPSA) is 38.7 Å². The summed E-state index contributed by atoms with van der Waals surface area (Å²) >= 11 is 0. The molecule has 3 heteroatoms. The van der Waals surface area contributed by atoms with Crippen molar-refractivity contribution in [3.63, 3.8) is 0 Å². The first-order chi connectivity index (χ1) is 11.4. The van der Waals surface area contributed by atoms with Crippen molar-refractivity contribution in [2.75, 3.05) is 0 Å². The molecule has 1 radical (unpaired) electrons. The number of nitrogens with zero attached hydrogens (tertiary/aromatic N) is 3. The molecule has 0 aromatic carbocycles. The fraction of sp³-hybridized carbons (Fsp3) is 0.800. The quantitative estimate of drug-likeness (QED) is 0.336. The Balaban J connectivity index is 1.72. The minimum absolute atomic E-state index is 0.815. The molecule has 0 atom stereocenters. The number of hydrogen-bond acceptors (Lipinski definition) is 3. The second-order valence-electron chi connectivity index (χ2n) is 6.59. The smallest absolute Gasteiger partial charge is 0.135 e. The first-order valence-corrected chi connectivity index (χ1v) is 9.88. The Labute approximate surface area is 143 Å². The molecule has 0 aliphatic heterocycles. The van der Waals surface area contributed by atoms with E-state index in [-0.39, 0.29) is 0 Å². The van der Waals surface area contributed by atoms with Gasteiger partial charge in [-0.05, 0) is 6.42 Å². The highest BCUT2D eigenvalue weighted by atomic mass is 15.0. The third-order valence-corrected chi connectivity index (χ3v) is 4.40. The molecule has 0 saturated heterocycles. The molecule has 0 aliphatic rings. The van der Waals surface area contributed by atoms with Gasteiger partial charge in [-0.25, -0.2) is 15.0 Å². The SMILES string of the molecule is CCCCCCCCCCCCCCCC[CH]c1ncncn1. The molecule has 0 amide bonds. The normalized spacial score (nSPS) is 11.0. The van der Waals surface area contributed by atoms with Crippen molar-refractivity contribution >= 4 is 0 Å². The van der Waals surface area contributed by atoms with E-state index in [1.165, 1.54) is 89.9 Å². The summed E-state index contributed by atoms with van der Waals surface area (Å²) in [5.74, 6) is 0.815.